The molecule has 1 fully saturated rings. The molecule has 0 bridgehead atoms. The zero-order valence-corrected chi connectivity index (χ0v) is 13.8. The molecule has 1 aromatic rings. The maximum atomic E-state index is 12.2. The monoisotopic (exact) mass is 339 g/mol. The predicted octanol–water partition coefficient (Wildman–Crippen LogP) is 1.97. The molecule has 1 amide bonds. The van der Waals surface area contributed by atoms with Crippen LogP contribution in [-0.4, -0.2) is 51.7 Å². The number of carboxylic acid groups (broad SMARTS) is 1. The third-order valence-corrected chi connectivity index (χ3v) is 5.84. The summed E-state index contributed by atoms with van der Waals surface area (Å²) in [5, 5.41) is 9.07. The molecule has 1 aromatic carbocycles. The summed E-state index contributed by atoms with van der Waals surface area (Å²) in [5.74, 6) is -1.58. The summed E-state index contributed by atoms with van der Waals surface area (Å²) >= 11 is 0. The average molecular weight is 339 g/mol. The van der Waals surface area contributed by atoms with Gasteiger partial charge in [0.1, 0.15) is 12.2 Å². The fraction of sp³-hybridized carbons (Fsp3) is 0.500. The van der Waals surface area contributed by atoms with Crippen molar-refractivity contribution in [1.82, 2.24) is 4.90 Å². The average Bonchev–Trinajstić information content (AvgIpc) is 2.97. The number of nitrogens with zero attached hydrogens (tertiary/aromatic N) is 1. The van der Waals surface area contributed by atoms with Gasteiger partial charge in [-0.15, -0.1) is 0 Å². The van der Waals surface area contributed by atoms with Crippen molar-refractivity contribution in [2.45, 2.75) is 31.7 Å². The van der Waals surface area contributed by atoms with E-state index in [1.165, 1.54) is 4.90 Å². The molecule has 2 rings (SSSR count). The first-order chi connectivity index (χ1) is 10.9. The number of hydrogen-bond acceptors (Lipinski definition) is 3. The van der Waals surface area contributed by atoms with Gasteiger partial charge in [-0.2, -0.15) is 0 Å². The number of carbonyl (C=O) groups is 2. The SMILES string of the molecule is O=C(O)[C@@H]1CCCN1C(=O)CP(=O)(O)CCCc1ccccc1. The van der Waals surface area contributed by atoms with Crippen molar-refractivity contribution >= 4 is 19.2 Å². The van der Waals surface area contributed by atoms with Crippen LogP contribution in [0, 0.1) is 0 Å². The number of aliphatic carboxylic acids is 1. The van der Waals surface area contributed by atoms with Crippen LogP contribution in [0.3, 0.4) is 0 Å². The summed E-state index contributed by atoms with van der Waals surface area (Å²) in [6.45, 7) is 0.347. The van der Waals surface area contributed by atoms with Gasteiger partial charge in [-0.1, -0.05) is 30.3 Å². The van der Waals surface area contributed by atoms with E-state index in [-0.39, 0.29) is 6.16 Å². The van der Waals surface area contributed by atoms with Crippen LogP contribution in [-0.2, 0) is 20.6 Å². The molecule has 0 spiro atoms. The molecule has 0 radical (unpaired) electrons. The van der Waals surface area contributed by atoms with Gasteiger partial charge in [0.05, 0.1) is 0 Å². The highest BCUT2D eigenvalue weighted by Crippen LogP contribution is 2.42. The first-order valence-corrected chi connectivity index (χ1v) is 9.79. The Bertz CT molecular complexity index is 604. The second kappa shape index (κ2) is 7.75. The van der Waals surface area contributed by atoms with Crippen molar-refractivity contribution in [3.8, 4) is 0 Å². The predicted molar refractivity (Wildman–Crippen MR) is 86.7 cm³/mol. The van der Waals surface area contributed by atoms with Gasteiger partial charge in [0.15, 0.2) is 0 Å². The van der Waals surface area contributed by atoms with E-state index in [2.05, 4.69) is 0 Å². The minimum Gasteiger partial charge on any atom is -0.480 e. The van der Waals surface area contributed by atoms with E-state index in [0.29, 0.717) is 32.2 Å². The Morgan fingerprint density at radius 3 is 2.61 bits per heavy atom. The van der Waals surface area contributed by atoms with Crippen LogP contribution in [0.5, 0.6) is 0 Å². The molecule has 1 unspecified atom stereocenters. The molecule has 6 nitrogen and oxygen atoms in total. The van der Waals surface area contributed by atoms with E-state index in [0.717, 1.165) is 5.56 Å². The standard InChI is InChI=1S/C16H22NO5P/c18-15(17-10-4-9-14(17)16(19)20)12-23(21,22)11-5-8-13-6-2-1-3-7-13/h1-3,6-7,14H,4-5,8-12H2,(H,19,20)(H,21,22)/t14-/m0/s1. The van der Waals surface area contributed by atoms with Crippen LogP contribution in [0.15, 0.2) is 30.3 Å². The first kappa shape index (κ1) is 17.7. The van der Waals surface area contributed by atoms with Gasteiger partial charge < -0.3 is 14.9 Å². The summed E-state index contributed by atoms with van der Waals surface area (Å²) in [6.07, 6.45) is 1.83. The molecule has 7 heteroatoms. The summed E-state index contributed by atoms with van der Waals surface area (Å²) < 4.78 is 12.2. The van der Waals surface area contributed by atoms with E-state index in [9.17, 15) is 19.0 Å². The summed E-state index contributed by atoms with van der Waals surface area (Å²) in [5.41, 5.74) is 1.09. The van der Waals surface area contributed by atoms with Gasteiger partial charge in [-0.3, -0.25) is 9.36 Å². The zero-order valence-electron chi connectivity index (χ0n) is 12.9. The number of hydrogen-bond donors (Lipinski definition) is 2. The number of amides is 1. The fourth-order valence-corrected chi connectivity index (χ4v) is 4.29. The Morgan fingerprint density at radius 2 is 1.96 bits per heavy atom. The van der Waals surface area contributed by atoms with E-state index in [1.54, 1.807) is 0 Å². The maximum Gasteiger partial charge on any atom is 0.326 e. The first-order valence-electron chi connectivity index (χ1n) is 7.76. The van der Waals surface area contributed by atoms with Crippen molar-refractivity contribution in [3.05, 3.63) is 35.9 Å². The normalized spacial score (nSPS) is 20.2. The number of carboxylic acids is 1. The molecule has 126 valence electrons. The zero-order chi connectivity index (χ0) is 16.9. The van der Waals surface area contributed by atoms with Crippen LogP contribution in [0.4, 0.5) is 0 Å². The quantitative estimate of drug-likeness (QED) is 0.741. The molecule has 0 saturated carbocycles. The van der Waals surface area contributed by atoms with Gasteiger partial charge in [0.25, 0.3) is 0 Å². The van der Waals surface area contributed by atoms with Crippen LogP contribution >= 0.6 is 7.37 Å². The van der Waals surface area contributed by atoms with Crippen molar-refractivity contribution < 1.29 is 24.2 Å². The Kier molecular flexibility index (Phi) is 5.97. The molecule has 1 saturated heterocycles. The minimum absolute atomic E-state index is 0.0687. The summed E-state index contributed by atoms with van der Waals surface area (Å²) in [7, 11) is -3.58. The third-order valence-electron chi connectivity index (χ3n) is 4.06. The number of carbonyl (C=O) groups excluding carboxylic acids is 1. The lowest BCUT2D eigenvalue weighted by Gasteiger charge is -2.22. The molecule has 0 aromatic heterocycles. The largest absolute Gasteiger partial charge is 0.480 e. The smallest absolute Gasteiger partial charge is 0.326 e. The molecule has 1 heterocycles. The Balaban J connectivity index is 1.84. The minimum atomic E-state index is -3.58. The Labute approximate surface area is 135 Å². The lowest BCUT2D eigenvalue weighted by Crippen LogP contribution is -2.41. The van der Waals surface area contributed by atoms with E-state index < -0.39 is 31.4 Å². The van der Waals surface area contributed by atoms with E-state index in [4.69, 9.17) is 5.11 Å². The van der Waals surface area contributed by atoms with Crippen molar-refractivity contribution in [2.24, 2.45) is 0 Å². The van der Waals surface area contributed by atoms with Crippen LogP contribution in [0.25, 0.3) is 0 Å². The van der Waals surface area contributed by atoms with Crippen molar-refractivity contribution in [3.63, 3.8) is 0 Å². The van der Waals surface area contributed by atoms with Gasteiger partial charge in [-0.05, 0) is 31.2 Å². The van der Waals surface area contributed by atoms with Crippen molar-refractivity contribution in [2.75, 3.05) is 18.9 Å². The fourth-order valence-electron chi connectivity index (χ4n) is 2.88. The number of rotatable bonds is 7. The highest BCUT2D eigenvalue weighted by Gasteiger charge is 2.36. The second-order valence-electron chi connectivity index (χ2n) is 5.90. The number of benzene rings is 1. The van der Waals surface area contributed by atoms with Crippen LogP contribution in [0.2, 0.25) is 0 Å². The van der Waals surface area contributed by atoms with Crippen molar-refractivity contribution in [1.29, 1.82) is 0 Å². The number of likely N-dealkylation sites (tertiary alicyclic amines) is 1. The summed E-state index contributed by atoms with van der Waals surface area (Å²) in [6, 6.07) is 8.79. The molecule has 2 atom stereocenters. The lowest BCUT2D eigenvalue weighted by molar-refractivity contribution is -0.147. The molecular formula is C16H22NO5P. The van der Waals surface area contributed by atoms with Gasteiger partial charge in [-0.25, -0.2) is 4.79 Å². The highest BCUT2D eigenvalue weighted by atomic mass is 31.2. The van der Waals surface area contributed by atoms with Gasteiger partial charge in [0.2, 0.25) is 13.3 Å². The van der Waals surface area contributed by atoms with Crippen LogP contribution < -0.4 is 0 Å². The van der Waals surface area contributed by atoms with E-state index >= 15 is 0 Å². The highest BCUT2D eigenvalue weighted by molar-refractivity contribution is 7.58. The third kappa shape index (κ3) is 5.19. The van der Waals surface area contributed by atoms with Gasteiger partial charge in [0, 0.05) is 12.7 Å². The molecule has 23 heavy (non-hydrogen) atoms. The topological polar surface area (TPSA) is 94.9 Å². The molecular weight excluding hydrogens is 317 g/mol. The molecule has 1 aliphatic rings. The lowest BCUT2D eigenvalue weighted by atomic mass is 10.1. The van der Waals surface area contributed by atoms with Gasteiger partial charge >= 0.3 is 5.97 Å². The number of aryl methyl sites for hydroxylation is 1. The van der Waals surface area contributed by atoms with Crippen LogP contribution in [0.1, 0.15) is 24.8 Å². The summed E-state index contributed by atoms with van der Waals surface area (Å²) in [4.78, 5) is 34.5. The van der Waals surface area contributed by atoms with E-state index in [1.807, 2.05) is 30.3 Å². The Hall–Kier alpha value is -1.65. The molecule has 1 aliphatic heterocycles. The Morgan fingerprint density at radius 1 is 1.26 bits per heavy atom. The second-order valence-corrected chi connectivity index (χ2v) is 8.36. The maximum absolute atomic E-state index is 12.2. The molecule has 2 N–H and O–H groups in total. The molecule has 0 aliphatic carbocycles.